The minimum Gasteiger partial charge on any atom is -0.437 e. The first kappa shape index (κ1) is 11.9. The molecule has 2 rings (SSSR count). The lowest BCUT2D eigenvalue weighted by atomic mass is 10.3. The van der Waals surface area contributed by atoms with E-state index in [1.807, 2.05) is 0 Å². The summed E-state index contributed by atoms with van der Waals surface area (Å²) in [4.78, 5) is 7.85. The van der Waals surface area contributed by atoms with Crippen LogP contribution in [-0.2, 0) is 6.61 Å². The number of rotatable bonds is 3. The van der Waals surface area contributed by atoms with E-state index in [-0.39, 0.29) is 18.3 Å². The van der Waals surface area contributed by atoms with Crippen LogP contribution in [0.25, 0.3) is 0 Å². The van der Waals surface area contributed by atoms with Gasteiger partial charge in [0.05, 0.1) is 29.2 Å². The van der Waals surface area contributed by atoms with Crippen LogP contribution >= 0.6 is 15.9 Å². The Morgan fingerprint density at radius 1 is 1.35 bits per heavy atom. The number of ether oxygens (including phenoxy) is 1. The van der Waals surface area contributed by atoms with Crippen molar-refractivity contribution >= 4 is 15.9 Å². The van der Waals surface area contributed by atoms with E-state index in [2.05, 4.69) is 25.9 Å². The zero-order valence-electron chi connectivity index (χ0n) is 8.60. The van der Waals surface area contributed by atoms with Crippen molar-refractivity contribution in [2.45, 2.75) is 6.61 Å². The molecule has 0 bridgehead atoms. The van der Waals surface area contributed by atoms with E-state index in [0.717, 1.165) is 0 Å². The Hall–Kier alpha value is -1.53. The summed E-state index contributed by atoms with van der Waals surface area (Å²) in [6.07, 6.45) is 2.85. The monoisotopic (exact) mass is 298 g/mol. The van der Waals surface area contributed by atoms with Crippen molar-refractivity contribution in [2.24, 2.45) is 0 Å². The van der Waals surface area contributed by atoms with Gasteiger partial charge in [0, 0.05) is 0 Å². The number of halogens is 2. The molecule has 0 aliphatic carbocycles. The van der Waals surface area contributed by atoms with Gasteiger partial charge in [0.25, 0.3) is 0 Å². The molecule has 0 atom stereocenters. The van der Waals surface area contributed by atoms with Gasteiger partial charge >= 0.3 is 0 Å². The molecule has 0 saturated carbocycles. The van der Waals surface area contributed by atoms with Gasteiger partial charge in [-0.15, -0.1) is 0 Å². The molecule has 0 spiro atoms. The molecule has 6 heteroatoms. The Kier molecular flexibility index (Phi) is 3.65. The first-order valence-corrected chi connectivity index (χ1v) is 5.53. The topological polar surface area (TPSA) is 55.2 Å². The molecule has 17 heavy (non-hydrogen) atoms. The molecule has 4 nitrogen and oxygen atoms in total. The maximum absolute atomic E-state index is 13.0. The third-order valence-corrected chi connectivity index (χ3v) is 2.55. The minimum atomic E-state index is -0.368. The molecule has 1 aromatic carbocycles. The fraction of sp³-hybridized carbons (Fsp3) is 0.0909. The van der Waals surface area contributed by atoms with Crippen LogP contribution in [0.15, 0.2) is 35.1 Å². The zero-order chi connectivity index (χ0) is 12.3. The zero-order valence-corrected chi connectivity index (χ0v) is 10.2. The molecule has 0 saturated heterocycles. The SMILES string of the molecule is OCc1cncc(Oc2ccc(F)c(Br)c2)n1. The van der Waals surface area contributed by atoms with E-state index in [1.165, 1.54) is 30.6 Å². The smallest absolute Gasteiger partial charge is 0.238 e. The quantitative estimate of drug-likeness (QED) is 0.946. The van der Waals surface area contributed by atoms with Crippen molar-refractivity contribution in [3.05, 3.63) is 46.6 Å². The van der Waals surface area contributed by atoms with Gasteiger partial charge in [0.1, 0.15) is 11.6 Å². The maximum Gasteiger partial charge on any atom is 0.238 e. The average molecular weight is 299 g/mol. The highest BCUT2D eigenvalue weighted by atomic mass is 79.9. The summed E-state index contributed by atoms with van der Waals surface area (Å²) in [5.41, 5.74) is 0.406. The first-order chi connectivity index (χ1) is 8.19. The Bertz CT molecular complexity index is 537. The predicted octanol–water partition coefficient (Wildman–Crippen LogP) is 2.66. The number of aromatic nitrogens is 2. The summed E-state index contributed by atoms with van der Waals surface area (Å²) in [7, 11) is 0. The molecule has 0 aliphatic heterocycles. The van der Waals surface area contributed by atoms with Crippen molar-refractivity contribution in [3.8, 4) is 11.6 Å². The minimum absolute atomic E-state index is 0.211. The highest BCUT2D eigenvalue weighted by Crippen LogP contribution is 2.25. The van der Waals surface area contributed by atoms with Crippen molar-refractivity contribution in [1.29, 1.82) is 0 Å². The van der Waals surface area contributed by atoms with Crippen LogP contribution in [0.3, 0.4) is 0 Å². The van der Waals surface area contributed by atoms with E-state index in [4.69, 9.17) is 9.84 Å². The number of hydrogen-bond acceptors (Lipinski definition) is 4. The van der Waals surface area contributed by atoms with E-state index in [1.54, 1.807) is 0 Å². The average Bonchev–Trinajstić information content (AvgIpc) is 2.34. The van der Waals surface area contributed by atoms with Crippen LogP contribution in [0.4, 0.5) is 4.39 Å². The number of aliphatic hydroxyl groups excluding tert-OH is 1. The van der Waals surface area contributed by atoms with Gasteiger partial charge in [-0.05, 0) is 34.1 Å². The summed E-state index contributed by atoms with van der Waals surface area (Å²) in [6, 6.07) is 4.25. The molecule has 1 aromatic heterocycles. The summed E-state index contributed by atoms with van der Waals surface area (Å²) >= 11 is 3.06. The summed E-state index contributed by atoms with van der Waals surface area (Å²) in [6.45, 7) is -0.211. The van der Waals surface area contributed by atoms with Gasteiger partial charge in [0.15, 0.2) is 0 Å². The fourth-order valence-electron chi connectivity index (χ4n) is 1.17. The molecular weight excluding hydrogens is 291 g/mol. The number of nitrogens with zero attached hydrogens (tertiary/aromatic N) is 2. The van der Waals surface area contributed by atoms with Gasteiger partial charge in [-0.3, -0.25) is 4.98 Å². The van der Waals surface area contributed by atoms with Crippen LogP contribution in [0.5, 0.6) is 11.6 Å². The van der Waals surface area contributed by atoms with Gasteiger partial charge in [-0.2, -0.15) is 0 Å². The second-order valence-electron chi connectivity index (χ2n) is 3.18. The summed E-state index contributed by atoms with van der Waals surface area (Å²) in [5, 5.41) is 8.89. The largest absolute Gasteiger partial charge is 0.437 e. The van der Waals surface area contributed by atoms with Gasteiger partial charge < -0.3 is 9.84 Å². The molecular formula is C11H8BrFN2O2. The number of benzene rings is 1. The molecule has 0 amide bonds. The van der Waals surface area contributed by atoms with E-state index < -0.39 is 0 Å². The molecule has 2 aromatic rings. The Balaban J connectivity index is 2.22. The van der Waals surface area contributed by atoms with Gasteiger partial charge in [-0.25, -0.2) is 9.37 Å². The van der Waals surface area contributed by atoms with E-state index in [0.29, 0.717) is 15.9 Å². The molecule has 0 fully saturated rings. The van der Waals surface area contributed by atoms with Crippen molar-refractivity contribution in [1.82, 2.24) is 9.97 Å². The number of hydrogen-bond donors (Lipinski definition) is 1. The Morgan fingerprint density at radius 2 is 2.18 bits per heavy atom. The summed E-state index contributed by atoms with van der Waals surface area (Å²) in [5.74, 6) is 0.310. The third-order valence-electron chi connectivity index (χ3n) is 1.94. The lowest BCUT2D eigenvalue weighted by Crippen LogP contribution is -1.95. The maximum atomic E-state index is 13.0. The van der Waals surface area contributed by atoms with Crippen LogP contribution < -0.4 is 4.74 Å². The van der Waals surface area contributed by atoms with Gasteiger partial charge in [0.2, 0.25) is 5.88 Å². The van der Waals surface area contributed by atoms with Gasteiger partial charge in [-0.1, -0.05) is 0 Å². The van der Waals surface area contributed by atoms with Crippen molar-refractivity contribution < 1.29 is 14.2 Å². The van der Waals surface area contributed by atoms with Crippen LogP contribution in [-0.4, -0.2) is 15.1 Å². The fourth-order valence-corrected chi connectivity index (χ4v) is 1.53. The number of aliphatic hydroxyl groups is 1. The molecule has 0 radical (unpaired) electrons. The summed E-state index contributed by atoms with van der Waals surface area (Å²) < 4.78 is 18.7. The lowest BCUT2D eigenvalue weighted by Gasteiger charge is -2.05. The second kappa shape index (κ2) is 5.20. The Morgan fingerprint density at radius 3 is 2.88 bits per heavy atom. The lowest BCUT2D eigenvalue weighted by molar-refractivity contribution is 0.274. The van der Waals surface area contributed by atoms with Crippen LogP contribution in [0, 0.1) is 5.82 Å². The van der Waals surface area contributed by atoms with E-state index in [9.17, 15) is 4.39 Å². The van der Waals surface area contributed by atoms with Crippen molar-refractivity contribution in [2.75, 3.05) is 0 Å². The second-order valence-corrected chi connectivity index (χ2v) is 4.04. The highest BCUT2D eigenvalue weighted by molar-refractivity contribution is 9.10. The van der Waals surface area contributed by atoms with E-state index >= 15 is 0 Å². The van der Waals surface area contributed by atoms with Crippen LogP contribution in [0.2, 0.25) is 0 Å². The molecule has 0 unspecified atom stereocenters. The van der Waals surface area contributed by atoms with Crippen molar-refractivity contribution in [3.63, 3.8) is 0 Å². The Labute approximate surface area is 105 Å². The molecule has 0 aliphatic rings. The molecule has 1 N–H and O–H groups in total. The normalized spacial score (nSPS) is 10.3. The third kappa shape index (κ3) is 2.98. The first-order valence-electron chi connectivity index (χ1n) is 4.73. The van der Waals surface area contributed by atoms with Crippen LogP contribution in [0.1, 0.15) is 5.69 Å². The molecule has 88 valence electrons. The molecule has 1 heterocycles. The highest BCUT2D eigenvalue weighted by Gasteiger charge is 2.04. The predicted molar refractivity (Wildman–Crippen MR) is 62.1 cm³/mol. The standard InChI is InChI=1S/C11H8BrFN2O2/c12-9-3-8(1-2-10(9)13)17-11-5-14-4-7(6-16)15-11/h1-5,16H,6H2.